The van der Waals surface area contributed by atoms with Crippen LogP contribution in [0.15, 0.2) is 12.1 Å². The van der Waals surface area contributed by atoms with Gasteiger partial charge < -0.3 is 30.6 Å². The number of urea groups is 1. The molecule has 134 valence electrons. The molecule has 24 heavy (non-hydrogen) atoms. The van der Waals surface area contributed by atoms with E-state index in [0.717, 1.165) is 5.56 Å². The lowest BCUT2D eigenvalue weighted by Crippen LogP contribution is -2.51. The van der Waals surface area contributed by atoms with Gasteiger partial charge in [-0.1, -0.05) is 13.8 Å². The number of carbonyl (C=O) groups is 2. The van der Waals surface area contributed by atoms with Crippen molar-refractivity contribution in [3.05, 3.63) is 17.7 Å². The van der Waals surface area contributed by atoms with Crippen molar-refractivity contribution in [1.29, 1.82) is 0 Å². The first-order chi connectivity index (χ1) is 11.3. The summed E-state index contributed by atoms with van der Waals surface area (Å²) in [6, 6.07) is 2.04. The number of nitrogens with one attached hydrogen (secondary N) is 2. The zero-order chi connectivity index (χ0) is 18.3. The Hall–Kier alpha value is -2.64. The van der Waals surface area contributed by atoms with Crippen molar-refractivity contribution in [1.82, 2.24) is 10.6 Å². The van der Waals surface area contributed by atoms with E-state index in [4.69, 9.17) is 19.9 Å². The number of hydrogen-bond acceptors (Lipinski definition) is 5. The molecule has 1 atom stereocenters. The molecule has 1 rings (SSSR count). The van der Waals surface area contributed by atoms with Crippen LogP contribution < -0.4 is 30.6 Å². The number of amides is 3. The molecule has 3 amide bonds. The molecule has 0 radical (unpaired) electrons. The van der Waals surface area contributed by atoms with Gasteiger partial charge in [-0.2, -0.15) is 0 Å². The van der Waals surface area contributed by atoms with E-state index < -0.39 is 12.1 Å². The molecule has 4 N–H and O–H groups in total. The molecule has 0 saturated carbocycles. The molecule has 0 aliphatic carbocycles. The zero-order valence-electron chi connectivity index (χ0n) is 14.6. The maximum Gasteiger partial charge on any atom is 0.312 e. The average Bonchev–Trinajstić information content (AvgIpc) is 2.55. The smallest absolute Gasteiger partial charge is 0.312 e. The molecular formula is C16H25N3O5. The molecule has 0 bridgehead atoms. The molecule has 8 heteroatoms. The van der Waals surface area contributed by atoms with E-state index in [1.54, 1.807) is 12.1 Å². The molecule has 1 aromatic carbocycles. The average molecular weight is 339 g/mol. The van der Waals surface area contributed by atoms with Gasteiger partial charge in [-0.3, -0.25) is 4.79 Å². The van der Waals surface area contributed by atoms with Crippen molar-refractivity contribution in [2.45, 2.75) is 26.4 Å². The molecule has 0 fully saturated rings. The second kappa shape index (κ2) is 8.85. The first-order valence-electron chi connectivity index (χ1n) is 7.46. The lowest BCUT2D eigenvalue weighted by Gasteiger charge is -2.21. The minimum absolute atomic E-state index is 0.0996. The number of nitrogens with two attached hydrogens (primary N) is 1. The fourth-order valence-electron chi connectivity index (χ4n) is 2.22. The standard InChI is InChI=1S/C16H25N3O5/c1-9(2)13(19-16(17)21)15(20)18-8-10-6-11(22-3)14(24-5)12(7-10)23-4/h6-7,9,13H,8H2,1-5H3,(H,18,20)(H3,17,19,21)/t13-/m0/s1. The minimum atomic E-state index is -0.739. The minimum Gasteiger partial charge on any atom is -0.493 e. The summed E-state index contributed by atoms with van der Waals surface area (Å²) >= 11 is 0. The van der Waals surface area contributed by atoms with Crippen LogP contribution in [-0.2, 0) is 11.3 Å². The van der Waals surface area contributed by atoms with E-state index in [1.165, 1.54) is 21.3 Å². The summed E-state index contributed by atoms with van der Waals surface area (Å²) in [6.07, 6.45) is 0. The first-order valence-corrected chi connectivity index (χ1v) is 7.46. The number of ether oxygens (including phenoxy) is 3. The number of rotatable bonds is 8. The van der Waals surface area contributed by atoms with Gasteiger partial charge >= 0.3 is 6.03 Å². The third-order valence-corrected chi connectivity index (χ3v) is 3.44. The van der Waals surface area contributed by atoms with Crippen LogP contribution in [0, 0.1) is 5.92 Å². The molecule has 0 spiro atoms. The summed E-state index contributed by atoms with van der Waals surface area (Å²) in [7, 11) is 4.56. The number of hydrogen-bond donors (Lipinski definition) is 3. The van der Waals surface area contributed by atoms with E-state index in [9.17, 15) is 9.59 Å². The summed E-state index contributed by atoms with van der Waals surface area (Å²) in [5.74, 6) is 1.05. The lowest BCUT2D eigenvalue weighted by atomic mass is 10.0. The van der Waals surface area contributed by atoms with E-state index >= 15 is 0 Å². The highest BCUT2D eigenvalue weighted by molar-refractivity contribution is 5.86. The summed E-state index contributed by atoms with van der Waals surface area (Å²) < 4.78 is 15.8. The molecule has 0 aromatic heterocycles. The Morgan fingerprint density at radius 2 is 1.62 bits per heavy atom. The number of primary amides is 1. The summed E-state index contributed by atoms with van der Waals surface area (Å²) in [4.78, 5) is 23.3. The SMILES string of the molecule is COc1cc(CNC(=O)[C@@H](NC(N)=O)C(C)C)cc(OC)c1OC. The first kappa shape index (κ1) is 19.4. The summed E-state index contributed by atoms with van der Waals surface area (Å²) in [5.41, 5.74) is 5.87. The van der Waals surface area contributed by atoms with Crippen LogP contribution in [0.3, 0.4) is 0 Å². The Morgan fingerprint density at radius 3 is 2.00 bits per heavy atom. The van der Waals surface area contributed by atoms with Crippen LogP contribution >= 0.6 is 0 Å². The Kier molecular flexibility index (Phi) is 7.16. The van der Waals surface area contributed by atoms with Crippen molar-refractivity contribution in [3.63, 3.8) is 0 Å². The normalized spacial score (nSPS) is 11.6. The molecule has 0 unspecified atom stereocenters. The Balaban J connectivity index is 2.89. The van der Waals surface area contributed by atoms with Gasteiger partial charge in [0.05, 0.1) is 21.3 Å². The van der Waals surface area contributed by atoms with Crippen LogP contribution in [0.1, 0.15) is 19.4 Å². The number of benzene rings is 1. The third-order valence-electron chi connectivity index (χ3n) is 3.44. The van der Waals surface area contributed by atoms with E-state index in [0.29, 0.717) is 17.2 Å². The summed E-state index contributed by atoms with van der Waals surface area (Å²) in [6.45, 7) is 3.87. The predicted molar refractivity (Wildman–Crippen MR) is 89.3 cm³/mol. The highest BCUT2D eigenvalue weighted by Crippen LogP contribution is 2.38. The molecule has 0 heterocycles. The number of carbonyl (C=O) groups excluding carboxylic acids is 2. The van der Waals surface area contributed by atoms with Gasteiger partial charge in [-0.25, -0.2) is 4.79 Å². The maximum atomic E-state index is 12.3. The molecule has 8 nitrogen and oxygen atoms in total. The van der Waals surface area contributed by atoms with Gasteiger partial charge in [0, 0.05) is 6.54 Å². The largest absolute Gasteiger partial charge is 0.493 e. The van der Waals surface area contributed by atoms with Crippen molar-refractivity contribution in [2.75, 3.05) is 21.3 Å². The van der Waals surface area contributed by atoms with Crippen LogP contribution in [0.4, 0.5) is 4.79 Å². The molecule has 0 aliphatic heterocycles. The van der Waals surface area contributed by atoms with Crippen LogP contribution in [0.25, 0.3) is 0 Å². The second-order valence-corrected chi connectivity index (χ2v) is 5.48. The fourth-order valence-corrected chi connectivity index (χ4v) is 2.22. The van der Waals surface area contributed by atoms with Gasteiger partial charge in [-0.15, -0.1) is 0 Å². The van der Waals surface area contributed by atoms with Gasteiger partial charge in [0.1, 0.15) is 6.04 Å². The van der Waals surface area contributed by atoms with Crippen molar-refractivity contribution in [3.8, 4) is 17.2 Å². The quantitative estimate of drug-likeness (QED) is 0.655. The van der Waals surface area contributed by atoms with E-state index in [-0.39, 0.29) is 18.4 Å². The highest BCUT2D eigenvalue weighted by atomic mass is 16.5. The molecule has 0 aliphatic rings. The zero-order valence-corrected chi connectivity index (χ0v) is 14.6. The monoisotopic (exact) mass is 339 g/mol. The molecular weight excluding hydrogens is 314 g/mol. The molecule has 0 saturated heterocycles. The fraction of sp³-hybridized carbons (Fsp3) is 0.500. The predicted octanol–water partition coefficient (Wildman–Crippen LogP) is 1.02. The lowest BCUT2D eigenvalue weighted by molar-refractivity contribution is -0.124. The Bertz CT molecular complexity index is 564. The van der Waals surface area contributed by atoms with Crippen LogP contribution in [0.5, 0.6) is 17.2 Å². The van der Waals surface area contributed by atoms with Crippen molar-refractivity contribution >= 4 is 11.9 Å². The second-order valence-electron chi connectivity index (χ2n) is 5.48. The summed E-state index contributed by atoms with van der Waals surface area (Å²) in [5, 5.41) is 5.20. The van der Waals surface area contributed by atoms with Gasteiger partial charge in [-0.05, 0) is 23.6 Å². The Labute approximate surface area is 141 Å². The van der Waals surface area contributed by atoms with Gasteiger partial charge in [0.15, 0.2) is 11.5 Å². The Morgan fingerprint density at radius 1 is 1.08 bits per heavy atom. The van der Waals surface area contributed by atoms with Crippen molar-refractivity contribution < 1.29 is 23.8 Å². The van der Waals surface area contributed by atoms with Crippen LogP contribution in [0.2, 0.25) is 0 Å². The van der Waals surface area contributed by atoms with E-state index in [1.807, 2.05) is 13.8 Å². The topological polar surface area (TPSA) is 112 Å². The van der Waals surface area contributed by atoms with Gasteiger partial charge in [0.25, 0.3) is 0 Å². The van der Waals surface area contributed by atoms with E-state index in [2.05, 4.69) is 10.6 Å². The highest BCUT2D eigenvalue weighted by Gasteiger charge is 2.23. The van der Waals surface area contributed by atoms with Gasteiger partial charge in [0.2, 0.25) is 11.7 Å². The maximum absolute atomic E-state index is 12.3. The molecule has 1 aromatic rings. The van der Waals surface area contributed by atoms with Crippen molar-refractivity contribution in [2.24, 2.45) is 11.7 Å². The number of methoxy groups -OCH3 is 3. The van der Waals surface area contributed by atoms with Crippen LogP contribution in [-0.4, -0.2) is 39.3 Å². The third kappa shape index (κ3) is 4.94.